The predicted octanol–water partition coefficient (Wildman–Crippen LogP) is 3.87. The fourth-order valence-electron chi connectivity index (χ4n) is 2.22. The largest absolute Gasteiger partial charge is 0.508 e. The van der Waals surface area contributed by atoms with Gasteiger partial charge < -0.3 is 14.4 Å². The first kappa shape index (κ1) is 15.5. The number of nitrogens with zero attached hydrogens (tertiary/aromatic N) is 2. The molecule has 0 saturated carbocycles. The highest BCUT2D eigenvalue weighted by atomic mass is 16.5. The second kappa shape index (κ2) is 5.85. The molecule has 1 atom stereocenters. The molecule has 0 aliphatic carbocycles. The maximum absolute atomic E-state index is 9.47. The van der Waals surface area contributed by atoms with Gasteiger partial charge in [-0.25, -0.2) is 0 Å². The molecule has 1 N–H and O–H groups in total. The summed E-state index contributed by atoms with van der Waals surface area (Å²) >= 11 is 0. The fourth-order valence-corrected chi connectivity index (χ4v) is 2.22. The van der Waals surface area contributed by atoms with Crippen LogP contribution in [0.2, 0.25) is 0 Å². The highest BCUT2D eigenvalue weighted by Gasteiger charge is 2.31. The average Bonchev–Trinajstić information content (AvgIpc) is 2.83. The molecule has 5 nitrogen and oxygen atoms in total. The molecule has 1 aromatic carbocycles. The molecular weight excluding hydrogens is 268 g/mol. The summed E-state index contributed by atoms with van der Waals surface area (Å²) in [6.45, 7) is 10.7. The Labute approximate surface area is 125 Å². The van der Waals surface area contributed by atoms with Crippen LogP contribution in [0.3, 0.4) is 0 Å². The van der Waals surface area contributed by atoms with E-state index in [1.54, 1.807) is 18.2 Å². The summed E-state index contributed by atoms with van der Waals surface area (Å²) in [5.41, 5.74) is 1.57. The summed E-state index contributed by atoms with van der Waals surface area (Å²) in [7, 11) is 0. The molecule has 2 rings (SSSR count). The van der Waals surface area contributed by atoms with Crippen LogP contribution in [0.1, 0.15) is 45.2 Å². The molecular formula is C16H22N2O3. The van der Waals surface area contributed by atoms with Crippen LogP contribution in [-0.4, -0.2) is 21.9 Å². The molecule has 0 saturated heterocycles. The third kappa shape index (κ3) is 3.42. The predicted molar refractivity (Wildman–Crippen MR) is 80.0 cm³/mol. The molecule has 21 heavy (non-hydrogen) atoms. The summed E-state index contributed by atoms with van der Waals surface area (Å²) < 4.78 is 11.1. The third-order valence-corrected chi connectivity index (χ3v) is 3.24. The van der Waals surface area contributed by atoms with Crippen molar-refractivity contribution in [2.24, 2.45) is 5.41 Å². The van der Waals surface area contributed by atoms with Gasteiger partial charge in [0.2, 0.25) is 5.82 Å². The zero-order valence-electron chi connectivity index (χ0n) is 13.2. The van der Waals surface area contributed by atoms with E-state index >= 15 is 0 Å². The van der Waals surface area contributed by atoms with Gasteiger partial charge >= 0.3 is 0 Å². The third-order valence-electron chi connectivity index (χ3n) is 3.24. The summed E-state index contributed by atoms with van der Waals surface area (Å²) in [6, 6.07) is 5.05. The maximum Gasteiger partial charge on any atom is 0.258 e. The number of rotatable bonds is 4. The first-order valence-corrected chi connectivity index (χ1v) is 7.08. The second-order valence-corrected chi connectivity index (χ2v) is 6.16. The van der Waals surface area contributed by atoms with Crippen LogP contribution >= 0.6 is 0 Å². The number of ether oxygens (including phenoxy) is 1. The summed E-state index contributed by atoms with van der Waals surface area (Å²) in [4.78, 5) is 4.47. The average molecular weight is 290 g/mol. The van der Waals surface area contributed by atoms with E-state index in [0.29, 0.717) is 18.3 Å². The molecule has 5 heteroatoms. The molecule has 0 amide bonds. The molecule has 2 aromatic rings. The molecule has 114 valence electrons. The van der Waals surface area contributed by atoms with Crippen LogP contribution < -0.4 is 0 Å². The van der Waals surface area contributed by atoms with E-state index in [-0.39, 0.29) is 17.3 Å². The van der Waals surface area contributed by atoms with Crippen molar-refractivity contribution in [3.63, 3.8) is 0 Å². The van der Waals surface area contributed by atoms with Crippen LogP contribution in [0.5, 0.6) is 5.75 Å². The Kier molecular flexibility index (Phi) is 4.32. The summed E-state index contributed by atoms with van der Waals surface area (Å²) in [5.74, 6) is 1.21. The number of hydrogen-bond acceptors (Lipinski definition) is 5. The number of phenolic OH excluding ortho intramolecular Hbond substituents is 1. The minimum absolute atomic E-state index is 0.124. The van der Waals surface area contributed by atoms with Crippen molar-refractivity contribution in [3.05, 3.63) is 29.6 Å². The molecule has 0 aliphatic heterocycles. The summed E-state index contributed by atoms with van der Waals surface area (Å²) in [6.07, 6.45) is -0.225. The van der Waals surface area contributed by atoms with Gasteiger partial charge in [0.15, 0.2) is 0 Å². The number of benzene rings is 1. The summed E-state index contributed by atoms with van der Waals surface area (Å²) in [5, 5.41) is 13.5. The molecule has 0 fully saturated rings. The van der Waals surface area contributed by atoms with Gasteiger partial charge in [-0.15, -0.1) is 0 Å². The SMILES string of the molecule is CCOC(c1noc(-c2ccc(O)cc2C)n1)C(C)(C)C. The zero-order chi connectivity index (χ0) is 15.6. The highest BCUT2D eigenvalue weighted by molar-refractivity contribution is 5.59. The van der Waals surface area contributed by atoms with Gasteiger partial charge in [-0.1, -0.05) is 25.9 Å². The van der Waals surface area contributed by atoms with Crippen molar-refractivity contribution in [3.8, 4) is 17.2 Å². The van der Waals surface area contributed by atoms with Crippen LogP contribution in [0, 0.1) is 12.3 Å². The van der Waals surface area contributed by atoms with Gasteiger partial charge in [-0.05, 0) is 43.0 Å². The highest BCUT2D eigenvalue weighted by Crippen LogP contribution is 2.35. The minimum Gasteiger partial charge on any atom is -0.508 e. The topological polar surface area (TPSA) is 68.4 Å². The van der Waals surface area contributed by atoms with Crippen molar-refractivity contribution in [2.45, 2.75) is 40.7 Å². The van der Waals surface area contributed by atoms with E-state index in [2.05, 4.69) is 30.9 Å². The van der Waals surface area contributed by atoms with Gasteiger partial charge in [0.25, 0.3) is 5.89 Å². The molecule has 0 aliphatic rings. The van der Waals surface area contributed by atoms with Gasteiger partial charge in [-0.3, -0.25) is 0 Å². The minimum atomic E-state index is -0.225. The van der Waals surface area contributed by atoms with Gasteiger partial charge in [0.1, 0.15) is 11.9 Å². The lowest BCUT2D eigenvalue weighted by Gasteiger charge is -2.27. The monoisotopic (exact) mass is 290 g/mol. The lowest BCUT2D eigenvalue weighted by atomic mass is 9.88. The number of phenols is 1. The Morgan fingerprint density at radius 1 is 1.33 bits per heavy atom. The van der Waals surface area contributed by atoms with E-state index < -0.39 is 0 Å². The molecule has 1 unspecified atom stereocenters. The molecule has 0 bridgehead atoms. The Morgan fingerprint density at radius 2 is 2.05 bits per heavy atom. The Balaban J connectivity index is 2.36. The lowest BCUT2D eigenvalue weighted by molar-refractivity contribution is -0.0203. The molecule has 0 spiro atoms. The van der Waals surface area contributed by atoms with E-state index in [1.165, 1.54) is 0 Å². The first-order chi connectivity index (χ1) is 9.82. The van der Waals surface area contributed by atoms with Crippen LogP contribution in [0.4, 0.5) is 0 Å². The van der Waals surface area contributed by atoms with Crippen molar-refractivity contribution >= 4 is 0 Å². The zero-order valence-corrected chi connectivity index (χ0v) is 13.2. The van der Waals surface area contributed by atoms with Crippen LogP contribution in [0.15, 0.2) is 22.7 Å². The maximum atomic E-state index is 9.47. The van der Waals surface area contributed by atoms with Gasteiger partial charge in [-0.2, -0.15) is 4.98 Å². The van der Waals surface area contributed by atoms with Crippen LogP contribution in [0.25, 0.3) is 11.5 Å². The van der Waals surface area contributed by atoms with Crippen molar-refractivity contribution in [2.75, 3.05) is 6.61 Å². The van der Waals surface area contributed by atoms with E-state index in [4.69, 9.17) is 9.26 Å². The normalized spacial score (nSPS) is 13.4. The van der Waals surface area contributed by atoms with Crippen molar-refractivity contribution in [1.29, 1.82) is 0 Å². The number of aromatic nitrogens is 2. The second-order valence-electron chi connectivity index (χ2n) is 6.16. The van der Waals surface area contributed by atoms with Crippen molar-refractivity contribution < 1.29 is 14.4 Å². The van der Waals surface area contributed by atoms with Gasteiger partial charge in [0.05, 0.1) is 0 Å². The van der Waals surface area contributed by atoms with E-state index in [1.807, 2.05) is 13.8 Å². The lowest BCUT2D eigenvalue weighted by Crippen LogP contribution is -2.22. The first-order valence-electron chi connectivity index (χ1n) is 7.08. The standard InChI is InChI=1S/C16H22N2O3/c1-6-20-13(16(3,4)5)14-17-15(21-18-14)12-8-7-11(19)9-10(12)2/h7-9,13,19H,6H2,1-5H3. The Hall–Kier alpha value is -1.88. The van der Waals surface area contributed by atoms with Crippen molar-refractivity contribution in [1.82, 2.24) is 10.1 Å². The Morgan fingerprint density at radius 3 is 2.62 bits per heavy atom. The molecule has 1 heterocycles. The smallest absolute Gasteiger partial charge is 0.258 e. The quantitative estimate of drug-likeness (QED) is 0.925. The fraction of sp³-hybridized carbons (Fsp3) is 0.500. The van der Waals surface area contributed by atoms with Gasteiger partial charge in [0, 0.05) is 12.2 Å². The number of aryl methyl sites for hydroxylation is 1. The van der Waals surface area contributed by atoms with E-state index in [9.17, 15) is 5.11 Å². The van der Waals surface area contributed by atoms with Crippen LogP contribution in [-0.2, 0) is 4.74 Å². The van der Waals surface area contributed by atoms with E-state index in [0.717, 1.165) is 11.1 Å². The molecule has 1 aromatic heterocycles. The Bertz CT molecular complexity index is 614. The molecule has 0 radical (unpaired) electrons. The number of hydrogen-bond donors (Lipinski definition) is 1. The number of aromatic hydroxyl groups is 1.